The van der Waals surface area contributed by atoms with E-state index in [4.69, 9.17) is 14.9 Å². The van der Waals surface area contributed by atoms with E-state index in [0.717, 1.165) is 70.1 Å². The van der Waals surface area contributed by atoms with Crippen LogP contribution in [0.1, 0.15) is 138 Å². The molecule has 0 fully saturated rings. The van der Waals surface area contributed by atoms with Gasteiger partial charge in [-0.05, 0) is 43.4 Å². The molecule has 0 heterocycles. The molecule has 6 heteroatoms. The van der Waals surface area contributed by atoms with E-state index >= 15 is 0 Å². The third-order valence-corrected chi connectivity index (χ3v) is 5.02. The number of ether oxygens (including phenoxy) is 1. The first-order chi connectivity index (χ1) is 15.9. The lowest BCUT2D eigenvalue weighted by Gasteiger charge is -2.05. The summed E-state index contributed by atoms with van der Waals surface area (Å²) >= 11 is 0. The van der Waals surface area contributed by atoms with E-state index in [1.807, 2.05) is 0 Å². The Balaban J connectivity index is -0.000000434. The van der Waals surface area contributed by atoms with Gasteiger partial charge in [0.25, 0.3) is 0 Å². The number of aliphatic carboxylic acids is 2. The molecule has 34 heavy (non-hydrogen) atoms. The Kier molecular flexibility index (Phi) is 30.1. The van der Waals surface area contributed by atoms with Gasteiger partial charge in [-0.1, -0.05) is 93.4 Å². The zero-order chi connectivity index (χ0) is 26.8. The maximum Gasteiger partial charge on any atom is 0.305 e. The number of esters is 1. The molecule has 0 amide bonds. The lowest BCUT2D eigenvalue weighted by atomic mass is 10.1. The van der Waals surface area contributed by atoms with Gasteiger partial charge in [-0.3, -0.25) is 14.4 Å². The van der Waals surface area contributed by atoms with Crippen LogP contribution in [0.4, 0.5) is 0 Å². The normalized spacial score (nSPS) is 10.4. The van der Waals surface area contributed by atoms with Crippen molar-refractivity contribution in [3.05, 3.63) is 0 Å². The third kappa shape index (κ3) is 44.1. The van der Waals surface area contributed by atoms with Gasteiger partial charge in [0.05, 0.1) is 6.61 Å². The molecule has 0 saturated carbocycles. The average Bonchev–Trinajstić information content (AvgIpc) is 2.72. The smallest absolute Gasteiger partial charge is 0.305 e. The van der Waals surface area contributed by atoms with Crippen molar-refractivity contribution in [3.8, 4) is 0 Å². The zero-order valence-corrected chi connectivity index (χ0v) is 23.4. The summed E-state index contributed by atoms with van der Waals surface area (Å²) in [6.45, 7) is 15.7. The van der Waals surface area contributed by atoms with Crippen molar-refractivity contribution < 1.29 is 29.3 Å². The predicted octanol–water partition coefficient (Wildman–Crippen LogP) is 8.12. The monoisotopic (exact) mass is 488 g/mol. The van der Waals surface area contributed by atoms with Gasteiger partial charge in [0.15, 0.2) is 0 Å². The number of hydrogen-bond acceptors (Lipinski definition) is 4. The second-order valence-corrected chi connectivity index (χ2v) is 10.3. The third-order valence-electron chi connectivity index (χ3n) is 5.02. The SMILES string of the molecule is CC(C)CCCCC(=O)O.CC(C)CCCCC(=O)O.CCCCOC(=O)CCCCC(C)C. The fourth-order valence-electron chi connectivity index (χ4n) is 2.88. The molecule has 0 unspecified atom stereocenters. The highest BCUT2D eigenvalue weighted by Crippen LogP contribution is 2.09. The summed E-state index contributed by atoms with van der Waals surface area (Å²) in [6.07, 6.45) is 12.7. The first-order valence-electron chi connectivity index (χ1n) is 13.5. The van der Waals surface area contributed by atoms with E-state index in [9.17, 15) is 14.4 Å². The van der Waals surface area contributed by atoms with Crippen molar-refractivity contribution in [1.29, 1.82) is 0 Å². The van der Waals surface area contributed by atoms with Gasteiger partial charge in [-0.15, -0.1) is 0 Å². The molecule has 0 aliphatic rings. The van der Waals surface area contributed by atoms with Gasteiger partial charge in [-0.25, -0.2) is 0 Å². The Morgan fingerprint density at radius 1 is 0.588 bits per heavy atom. The maximum atomic E-state index is 11.1. The first kappa shape index (κ1) is 37.0. The number of hydrogen-bond donors (Lipinski definition) is 2. The fraction of sp³-hybridized carbons (Fsp3) is 0.893. The Labute approximate surface area is 210 Å². The fourth-order valence-corrected chi connectivity index (χ4v) is 2.88. The van der Waals surface area contributed by atoms with Crippen molar-refractivity contribution in [2.45, 2.75) is 138 Å². The second-order valence-electron chi connectivity index (χ2n) is 10.3. The molecule has 0 aliphatic carbocycles. The van der Waals surface area contributed by atoms with E-state index in [0.29, 0.717) is 37.7 Å². The molecule has 0 bridgehead atoms. The lowest BCUT2D eigenvalue weighted by molar-refractivity contribution is -0.144. The molecule has 0 aromatic heterocycles. The first-order valence-corrected chi connectivity index (χ1v) is 13.5. The molecule has 2 N–H and O–H groups in total. The van der Waals surface area contributed by atoms with Crippen molar-refractivity contribution in [3.63, 3.8) is 0 Å². The van der Waals surface area contributed by atoms with Crippen molar-refractivity contribution >= 4 is 17.9 Å². The zero-order valence-electron chi connectivity index (χ0n) is 23.4. The number of unbranched alkanes of at least 4 members (excludes halogenated alkanes) is 4. The predicted molar refractivity (Wildman–Crippen MR) is 141 cm³/mol. The summed E-state index contributed by atoms with van der Waals surface area (Å²) in [4.78, 5) is 31.2. The van der Waals surface area contributed by atoms with Crippen molar-refractivity contribution in [2.75, 3.05) is 6.61 Å². The van der Waals surface area contributed by atoms with Gasteiger partial charge >= 0.3 is 17.9 Å². The minimum absolute atomic E-state index is 0.0257. The molecule has 0 aromatic rings. The highest BCUT2D eigenvalue weighted by atomic mass is 16.5. The van der Waals surface area contributed by atoms with Crippen LogP contribution in [-0.4, -0.2) is 34.7 Å². The van der Waals surface area contributed by atoms with Crippen LogP contribution in [0.15, 0.2) is 0 Å². The highest BCUT2D eigenvalue weighted by Gasteiger charge is 2.02. The quantitative estimate of drug-likeness (QED) is 0.149. The topological polar surface area (TPSA) is 101 Å². The summed E-state index contributed by atoms with van der Waals surface area (Å²) in [7, 11) is 0. The number of rotatable bonds is 18. The van der Waals surface area contributed by atoms with E-state index in [1.54, 1.807) is 0 Å². The van der Waals surface area contributed by atoms with Gasteiger partial charge in [0, 0.05) is 19.3 Å². The lowest BCUT2D eigenvalue weighted by Crippen LogP contribution is -2.05. The maximum absolute atomic E-state index is 11.1. The van der Waals surface area contributed by atoms with Crippen LogP contribution in [0.3, 0.4) is 0 Å². The molecular weight excluding hydrogens is 432 g/mol. The molecule has 0 aromatic carbocycles. The van der Waals surface area contributed by atoms with Crippen LogP contribution >= 0.6 is 0 Å². The molecule has 0 atom stereocenters. The van der Waals surface area contributed by atoms with Crippen molar-refractivity contribution in [1.82, 2.24) is 0 Å². The van der Waals surface area contributed by atoms with E-state index in [2.05, 4.69) is 48.5 Å². The Morgan fingerprint density at radius 3 is 1.24 bits per heavy atom. The van der Waals surface area contributed by atoms with E-state index < -0.39 is 11.9 Å². The minimum Gasteiger partial charge on any atom is -0.481 e. The summed E-state index contributed by atoms with van der Waals surface area (Å²) < 4.78 is 5.05. The highest BCUT2D eigenvalue weighted by molar-refractivity contribution is 5.69. The van der Waals surface area contributed by atoms with Crippen LogP contribution in [0.25, 0.3) is 0 Å². The molecule has 0 saturated heterocycles. The van der Waals surface area contributed by atoms with Gasteiger partial charge in [0.2, 0.25) is 0 Å². The van der Waals surface area contributed by atoms with E-state index in [1.165, 1.54) is 6.42 Å². The van der Waals surface area contributed by atoms with Crippen LogP contribution in [0.5, 0.6) is 0 Å². The molecule has 0 aliphatic heterocycles. The largest absolute Gasteiger partial charge is 0.481 e. The summed E-state index contributed by atoms with van der Waals surface area (Å²) in [6, 6.07) is 0. The average molecular weight is 489 g/mol. The van der Waals surface area contributed by atoms with Crippen molar-refractivity contribution in [2.24, 2.45) is 17.8 Å². The van der Waals surface area contributed by atoms with Crippen LogP contribution in [-0.2, 0) is 19.1 Å². The molecule has 0 spiro atoms. The number of carbonyl (C=O) groups excluding carboxylic acids is 1. The van der Waals surface area contributed by atoms with Crippen LogP contribution in [0, 0.1) is 17.8 Å². The number of carboxylic acid groups (broad SMARTS) is 2. The van der Waals surface area contributed by atoms with Gasteiger partial charge < -0.3 is 14.9 Å². The van der Waals surface area contributed by atoms with Gasteiger partial charge in [0.1, 0.15) is 0 Å². The Hall–Kier alpha value is -1.59. The van der Waals surface area contributed by atoms with Gasteiger partial charge in [-0.2, -0.15) is 0 Å². The number of carboxylic acids is 2. The number of carbonyl (C=O) groups is 3. The molecule has 0 rings (SSSR count). The molecular formula is C28H56O6. The molecule has 6 nitrogen and oxygen atoms in total. The molecule has 204 valence electrons. The van der Waals surface area contributed by atoms with Crippen LogP contribution in [0.2, 0.25) is 0 Å². The van der Waals surface area contributed by atoms with Crippen LogP contribution < -0.4 is 0 Å². The Bertz CT molecular complexity index is 446. The summed E-state index contributed by atoms with van der Waals surface area (Å²) in [5, 5.41) is 16.6. The summed E-state index contributed by atoms with van der Waals surface area (Å²) in [5.74, 6) is 0.767. The Morgan fingerprint density at radius 2 is 0.941 bits per heavy atom. The minimum atomic E-state index is -0.677. The molecule has 0 radical (unpaired) electrons. The standard InChI is InChI=1S/C12H24O2.2C8H16O2/c1-4-5-10-14-12(13)9-7-6-8-11(2)3;2*1-7(2)5-3-4-6-8(9)10/h11H,4-10H2,1-3H3;2*7H,3-6H2,1-2H3,(H,9,10). The summed E-state index contributed by atoms with van der Waals surface area (Å²) in [5.41, 5.74) is 0. The van der Waals surface area contributed by atoms with E-state index in [-0.39, 0.29) is 5.97 Å². The second kappa shape index (κ2) is 27.7.